The van der Waals surface area contributed by atoms with Crippen LogP contribution in [0.2, 0.25) is 0 Å². The fourth-order valence-corrected chi connectivity index (χ4v) is 8.32. The second-order valence-corrected chi connectivity index (χ2v) is 20.6. The molecule has 444 valence electrons. The number of esters is 3. The lowest BCUT2D eigenvalue weighted by Crippen LogP contribution is -2.30. The third-order valence-electron chi connectivity index (χ3n) is 13.0. The van der Waals surface area contributed by atoms with E-state index >= 15 is 0 Å². The number of allylic oxidation sites excluding steroid dienone is 26. The molecule has 1 unspecified atom stereocenters. The van der Waals surface area contributed by atoms with Crippen molar-refractivity contribution in [2.75, 3.05) is 13.2 Å². The van der Waals surface area contributed by atoms with Gasteiger partial charge in [-0.3, -0.25) is 14.4 Å². The number of hydrogen-bond acceptors (Lipinski definition) is 6. The number of unbranched alkanes of at least 4 members (excludes halogenated alkanes) is 19. The molecule has 0 aromatic heterocycles. The fraction of sp³-hybridized carbons (Fsp3) is 0.603. The average Bonchev–Trinajstić information content (AvgIpc) is 3.45. The minimum Gasteiger partial charge on any atom is -0.462 e. The van der Waals surface area contributed by atoms with E-state index < -0.39 is 6.10 Å². The zero-order valence-electron chi connectivity index (χ0n) is 50.8. The Morgan fingerprint density at radius 2 is 0.506 bits per heavy atom. The van der Waals surface area contributed by atoms with Gasteiger partial charge in [0.2, 0.25) is 0 Å². The minimum absolute atomic E-state index is 0.105. The molecule has 6 heteroatoms. The van der Waals surface area contributed by atoms with Gasteiger partial charge in [-0.1, -0.05) is 281 Å². The van der Waals surface area contributed by atoms with E-state index in [0.717, 1.165) is 135 Å². The van der Waals surface area contributed by atoms with Crippen LogP contribution >= 0.6 is 0 Å². The summed E-state index contributed by atoms with van der Waals surface area (Å²) in [6.07, 6.45) is 95.6. The predicted molar refractivity (Wildman–Crippen MR) is 343 cm³/mol. The van der Waals surface area contributed by atoms with Crippen molar-refractivity contribution in [1.29, 1.82) is 0 Å². The molecule has 0 aliphatic carbocycles. The molecule has 6 nitrogen and oxygen atoms in total. The van der Waals surface area contributed by atoms with Gasteiger partial charge in [-0.2, -0.15) is 0 Å². The molecule has 0 N–H and O–H groups in total. The Labute approximate surface area is 486 Å². The monoisotopic (exact) mass is 1090 g/mol. The highest BCUT2D eigenvalue weighted by atomic mass is 16.6. The lowest BCUT2D eigenvalue weighted by Gasteiger charge is -2.18. The van der Waals surface area contributed by atoms with Gasteiger partial charge in [-0.15, -0.1) is 0 Å². The lowest BCUT2D eigenvalue weighted by atomic mass is 10.1. The summed E-state index contributed by atoms with van der Waals surface area (Å²) in [5.41, 5.74) is 0. The third kappa shape index (κ3) is 63.7. The number of hydrogen-bond donors (Lipinski definition) is 0. The van der Waals surface area contributed by atoms with E-state index in [1.54, 1.807) is 0 Å². The topological polar surface area (TPSA) is 78.9 Å². The zero-order chi connectivity index (χ0) is 57.1. The van der Waals surface area contributed by atoms with Crippen LogP contribution in [0.3, 0.4) is 0 Å². The molecule has 0 bridgehead atoms. The first-order valence-electron chi connectivity index (χ1n) is 32.0. The van der Waals surface area contributed by atoms with E-state index in [2.05, 4.69) is 179 Å². The van der Waals surface area contributed by atoms with Crippen molar-refractivity contribution in [1.82, 2.24) is 0 Å². The van der Waals surface area contributed by atoms with Crippen molar-refractivity contribution in [2.24, 2.45) is 0 Å². The maximum atomic E-state index is 12.8. The first-order valence-corrected chi connectivity index (χ1v) is 32.0. The van der Waals surface area contributed by atoms with Crippen LogP contribution in [0.4, 0.5) is 0 Å². The number of carbonyl (C=O) groups excluding carboxylic acids is 3. The summed E-state index contributed by atoms with van der Waals surface area (Å²) in [5.74, 6) is -0.975. The maximum absolute atomic E-state index is 12.8. The normalized spacial score (nSPS) is 13.2. The molecule has 0 aromatic rings. The lowest BCUT2D eigenvalue weighted by molar-refractivity contribution is -0.167. The average molecular weight is 1090 g/mol. The van der Waals surface area contributed by atoms with Gasteiger partial charge in [-0.05, 0) is 122 Å². The van der Waals surface area contributed by atoms with Crippen molar-refractivity contribution in [2.45, 2.75) is 271 Å². The van der Waals surface area contributed by atoms with Crippen LogP contribution in [0.15, 0.2) is 158 Å². The standard InChI is InChI=1S/C73H116O6/c1-4-7-10-13-16-19-21-23-25-27-28-29-30-31-32-33-34-35-36-37-38-39-40-41-42-43-44-46-47-49-51-54-57-60-63-66-72(75)78-69-70(68-77-71(74)65-62-59-56-53-18-15-12-9-6-3)79-73(76)67-64-61-58-55-52-50-48-45-26-24-22-20-17-14-11-8-5-2/h7-8,10-11,16-17,19-20,23-26,28-29,31-32,34-35,37-38,40-41,48,50,55,58,70H,4-6,9,12-15,18,21-22,27,30,33,36,39,42-47,49,51-54,56-57,59-69H2,1-3H3/b10-7-,11-8-,19-16-,20-17-,25-23-,26-24-,29-28-,32-31-,35-34-,38-37-,41-40-,50-48-,58-55-. The molecule has 0 saturated heterocycles. The van der Waals surface area contributed by atoms with E-state index in [0.29, 0.717) is 19.3 Å². The molecule has 0 radical (unpaired) electrons. The van der Waals surface area contributed by atoms with E-state index in [9.17, 15) is 14.4 Å². The molecule has 0 fully saturated rings. The molecular formula is C73H116O6. The second kappa shape index (κ2) is 65.5. The molecule has 0 saturated carbocycles. The summed E-state index contributed by atoms with van der Waals surface area (Å²) in [6.45, 7) is 6.33. The van der Waals surface area contributed by atoms with Crippen molar-refractivity contribution in [3.05, 3.63) is 158 Å². The van der Waals surface area contributed by atoms with Gasteiger partial charge < -0.3 is 14.2 Å². The van der Waals surface area contributed by atoms with Gasteiger partial charge >= 0.3 is 17.9 Å². The van der Waals surface area contributed by atoms with Crippen molar-refractivity contribution in [3.63, 3.8) is 0 Å². The summed E-state index contributed by atoms with van der Waals surface area (Å²) < 4.78 is 16.8. The second-order valence-electron chi connectivity index (χ2n) is 20.6. The Balaban J connectivity index is 4.23. The van der Waals surface area contributed by atoms with E-state index in [-0.39, 0.29) is 37.5 Å². The number of carbonyl (C=O) groups is 3. The molecule has 0 spiro atoms. The van der Waals surface area contributed by atoms with Crippen LogP contribution in [0.25, 0.3) is 0 Å². The molecule has 0 aliphatic rings. The maximum Gasteiger partial charge on any atom is 0.306 e. The molecule has 79 heavy (non-hydrogen) atoms. The predicted octanol–water partition coefficient (Wildman–Crippen LogP) is 22.1. The molecule has 0 amide bonds. The Morgan fingerprint density at radius 1 is 0.266 bits per heavy atom. The minimum atomic E-state index is -0.813. The van der Waals surface area contributed by atoms with Crippen LogP contribution in [-0.4, -0.2) is 37.2 Å². The van der Waals surface area contributed by atoms with Gasteiger partial charge in [0.15, 0.2) is 6.10 Å². The Hall–Kier alpha value is -4.97. The summed E-state index contributed by atoms with van der Waals surface area (Å²) in [5, 5.41) is 0. The van der Waals surface area contributed by atoms with Crippen LogP contribution in [-0.2, 0) is 28.6 Å². The summed E-state index contributed by atoms with van der Waals surface area (Å²) >= 11 is 0. The Bertz CT molecular complexity index is 1780. The van der Waals surface area contributed by atoms with E-state index in [4.69, 9.17) is 14.2 Å². The molecule has 1 atom stereocenters. The van der Waals surface area contributed by atoms with Gasteiger partial charge in [0.1, 0.15) is 13.2 Å². The Morgan fingerprint density at radius 3 is 0.810 bits per heavy atom. The zero-order valence-corrected chi connectivity index (χ0v) is 50.8. The largest absolute Gasteiger partial charge is 0.462 e. The molecular weight excluding hydrogens is 973 g/mol. The SMILES string of the molecule is CC/C=C\C/C=C\C/C=C\C/C=C\C/C=C\C/C=C\C/C=C\C/C=C\CCCCCCCCCCCCC(=O)OCC(COC(=O)CCCCCCCCCCC)OC(=O)CCC/C=C\C/C=C\C/C=C\C/C=C\C/C=C\CC. The van der Waals surface area contributed by atoms with E-state index in [1.807, 2.05) is 0 Å². The van der Waals surface area contributed by atoms with Gasteiger partial charge in [0, 0.05) is 19.3 Å². The molecule has 0 aliphatic heterocycles. The van der Waals surface area contributed by atoms with Crippen LogP contribution in [0.5, 0.6) is 0 Å². The summed E-state index contributed by atoms with van der Waals surface area (Å²) in [4.78, 5) is 38.1. The highest BCUT2D eigenvalue weighted by molar-refractivity contribution is 5.71. The van der Waals surface area contributed by atoms with Crippen molar-refractivity contribution in [3.8, 4) is 0 Å². The number of ether oxygens (including phenoxy) is 3. The first-order chi connectivity index (χ1) is 39.0. The van der Waals surface area contributed by atoms with Gasteiger partial charge in [0.05, 0.1) is 0 Å². The highest BCUT2D eigenvalue weighted by Crippen LogP contribution is 2.15. The van der Waals surface area contributed by atoms with Crippen molar-refractivity contribution >= 4 is 17.9 Å². The summed E-state index contributed by atoms with van der Waals surface area (Å²) in [7, 11) is 0. The first kappa shape index (κ1) is 74.0. The van der Waals surface area contributed by atoms with Crippen LogP contribution < -0.4 is 0 Å². The summed E-state index contributed by atoms with van der Waals surface area (Å²) in [6, 6.07) is 0. The molecule has 0 heterocycles. The van der Waals surface area contributed by atoms with Gasteiger partial charge in [-0.25, -0.2) is 0 Å². The smallest absolute Gasteiger partial charge is 0.306 e. The quantitative estimate of drug-likeness (QED) is 0.0261. The Kier molecular flexibility index (Phi) is 61.4. The van der Waals surface area contributed by atoms with Crippen LogP contribution in [0.1, 0.15) is 265 Å². The molecule has 0 aromatic carbocycles. The fourth-order valence-electron chi connectivity index (χ4n) is 8.32. The third-order valence-corrected chi connectivity index (χ3v) is 13.0. The van der Waals surface area contributed by atoms with Crippen LogP contribution in [0, 0.1) is 0 Å². The highest BCUT2D eigenvalue weighted by Gasteiger charge is 2.19. The van der Waals surface area contributed by atoms with Gasteiger partial charge in [0.25, 0.3) is 0 Å². The van der Waals surface area contributed by atoms with Crippen molar-refractivity contribution < 1.29 is 28.6 Å². The van der Waals surface area contributed by atoms with E-state index in [1.165, 1.54) is 83.5 Å². The molecule has 0 rings (SSSR count). The number of rotatable bonds is 56.